The van der Waals surface area contributed by atoms with E-state index < -0.39 is 12.0 Å². The molecule has 1 unspecified atom stereocenters. The fraction of sp³-hybridized carbons (Fsp3) is 0.455. The van der Waals surface area contributed by atoms with Crippen molar-refractivity contribution in [1.82, 2.24) is 4.90 Å². The third kappa shape index (κ3) is 5.58. The molecule has 0 saturated heterocycles. The van der Waals surface area contributed by atoms with Crippen molar-refractivity contribution in [2.45, 2.75) is 45.6 Å². The van der Waals surface area contributed by atoms with Gasteiger partial charge in [-0.15, -0.1) is 0 Å². The smallest absolute Gasteiger partial charge is 0.307 e. The van der Waals surface area contributed by atoms with E-state index in [-0.39, 0.29) is 31.4 Å². The van der Waals surface area contributed by atoms with Crippen molar-refractivity contribution in [3.8, 4) is 17.9 Å². The Balaban J connectivity index is 2.30. The molecule has 2 rings (SSSR count). The highest BCUT2D eigenvalue weighted by atomic mass is 16.5. The number of benzene rings is 1. The Hall–Kier alpha value is -3.32. The van der Waals surface area contributed by atoms with Crippen LogP contribution in [0.5, 0.6) is 0 Å². The first-order chi connectivity index (χ1) is 13.9. The molecule has 7 heteroatoms. The summed E-state index contributed by atoms with van der Waals surface area (Å²) in [4.78, 5) is 40.4. The van der Waals surface area contributed by atoms with E-state index in [9.17, 15) is 14.4 Å². The summed E-state index contributed by atoms with van der Waals surface area (Å²) in [5.41, 5.74) is 1.55. The van der Waals surface area contributed by atoms with Gasteiger partial charge >= 0.3 is 5.97 Å². The van der Waals surface area contributed by atoms with Crippen LogP contribution in [0.4, 0.5) is 5.69 Å². The van der Waals surface area contributed by atoms with Crippen LogP contribution in [0.25, 0.3) is 0 Å². The van der Waals surface area contributed by atoms with Crippen molar-refractivity contribution in [2.24, 2.45) is 0 Å². The first-order valence-electron chi connectivity index (χ1n) is 9.62. The van der Waals surface area contributed by atoms with E-state index in [2.05, 4.69) is 17.9 Å². The molecule has 2 amide bonds. The lowest BCUT2D eigenvalue weighted by Crippen LogP contribution is -2.44. The highest BCUT2D eigenvalue weighted by molar-refractivity contribution is 6.09. The number of carbonyl (C=O) groups is 3. The third-order valence-electron chi connectivity index (χ3n) is 4.65. The molecule has 7 nitrogen and oxygen atoms in total. The summed E-state index contributed by atoms with van der Waals surface area (Å²) in [5.74, 6) is 5.05. The summed E-state index contributed by atoms with van der Waals surface area (Å²) < 4.78 is 4.97. The molecule has 0 radical (unpaired) electrons. The lowest BCUT2D eigenvalue weighted by molar-refractivity contribution is -0.144. The van der Waals surface area contributed by atoms with Gasteiger partial charge in [0.25, 0.3) is 5.91 Å². The maximum atomic E-state index is 13.2. The molecule has 152 valence electrons. The number of anilines is 1. The molecule has 0 aliphatic carbocycles. The Morgan fingerprint density at radius 2 is 2.07 bits per heavy atom. The molecule has 0 bridgehead atoms. The summed E-state index contributed by atoms with van der Waals surface area (Å²) in [6.45, 7) is 3.60. The minimum Gasteiger partial charge on any atom is -0.466 e. The molecule has 0 N–H and O–H groups in total. The van der Waals surface area contributed by atoms with Gasteiger partial charge in [0.2, 0.25) is 5.91 Å². The SMILES string of the molecule is CCOC(=O)CC(C)N1CC(=O)N(C)c2ccc(C#CCCCC#N)cc2C1=O. The van der Waals surface area contributed by atoms with Gasteiger partial charge in [-0.2, -0.15) is 5.26 Å². The predicted octanol–water partition coefficient (Wildman–Crippen LogP) is 2.49. The first-order valence-corrected chi connectivity index (χ1v) is 9.62. The number of carbonyl (C=O) groups excluding carboxylic acids is 3. The first kappa shape index (κ1) is 22.0. The molecule has 1 aromatic rings. The molecule has 29 heavy (non-hydrogen) atoms. The summed E-state index contributed by atoms with van der Waals surface area (Å²) in [5, 5.41) is 8.57. The Morgan fingerprint density at radius 3 is 2.76 bits per heavy atom. The van der Waals surface area contributed by atoms with Gasteiger partial charge < -0.3 is 14.5 Å². The van der Waals surface area contributed by atoms with Crippen LogP contribution in [0, 0.1) is 23.2 Å². The monoisotopic (exact) mass is 395 g/mol. The Morgan fingerprint density at radius 1 is 1.31 bits per heavy atom. The number of likely N-dealkylation sites (N-methyl/N-ethyl adjacent to an activating group) is 1. The fourth-order valence-electron chi connectivity index (χ4n) is 3.04. The van der Waals surface area contributed by atoms with Crippen molar-refractivity contribution in [1.29, 1.82) is 5.26 Å². The van der Waals surface area contributed by atoms with Gasteiger partial charge in [0.05, 0.1) is 30.3 Å². The van der Waals surface area contributed by atoms with Crippen molar-refractivity contribution < 1.29 is 19.1 Å². The van der Waals surface area contributed by atoms with Crippen molar-refractivity contribution >= 4 is 23.5 Å². The second kappa shape index (κ2) is 10.3. The van der Waals surface area contributed by atoms with Crippen LogP contribution < -0.4 is 4.90 Å². The standard InChI is InChI=1S/C22H25N3O4/c1-4-29-21(27)13-16(2)25-15-20(26)24(3)19-11-10-17(14-18(19)22(25)28)9-7-5-6-8-12-23/h10-11,14,16H,4-6,8,13,15H2,1-3H3. The molecule has 1 aliphatic rings. The molecule has 0 spiro atoms. The van der Waals surface area contributed by atoms with Gasteiger partial charge in [-0.1, -0.05) is 11.8 Å². The number of hydrogen-bond donors (Lipinski definition) is 0. The topological polar surface area (TPSA) is 90.7 Å². The van der Waals surface area contributed by atoms with E-state index in [4.69, 9.17) is 10.00 Å². The maximum Gasteiger partial charge on any atom is 0.307 e. The van der Waals surface area contributed by atoms with E-state index in [0.29, 0.717) is 36.1 Å². The quantitative estimate of drug-likeness (QED) is 0.419. The van der Waals surface area contributed by atoms with Crippen LogP contribution in [0.1, 0.15) is 55.5 Å². The number of esters is 1. The van der Waals surface area contributed by atoms with Crippen LogP contribution in [0.2, 0.25) is 0 Å². The number of ether oxygens (including phenoxy) is 1. The largest absolute Gasteiger partial charge is 0.466 e. The molecule has 0 aromatic heterocycles. The number of amides is 2. The van der Waals surface area contributed by atoms with Gasteiger partial charge in [-0.3, -0.25) is 14.4 Å². The Labute approximate surface area is 171 Å². The van der Waals surface area contributed by atoms with Crippen molar-refractivity contribution in [3.63, 3.8) is 0 Å². The van der Waals surface area contributed by atoms with Crippen LogP contribution in [-0.4, -0.2) is 48.9 Å². The minimum absolute atomic E-state index is 0.0182. The highest BCUT2D eigenvalue weighted by Gasteiger charge is 2.33. The molecule has 1 heterocycles. The van der Waals surface area contributed by atoms with Gasteiger partial charge in [-0.25, -0.2) is 0 Å². The molecule has 0 fully saturated rings. The summed E-state index contributed by atoms with van der Waals surface area (Å²) in [6.07, 6.45) is 1.77. The second-order valence-corrected chi connectivity index (χ2v) is 6.79. The molecule has 1 aromatic carbocycles. The van der Waals surface area contributed by atoms with Gasteiger partial charge in [0.1, 0.15) is 6.54 Å². The third-order valence-corrected chi connectivity index (χ3v) is 4.65. The predicted molar refractivity (Wildman–Crippen MR) is 108 cm³/mol. The lowest BCUT2D eigenvalue weighted by Gasteiger charge is -2.26. The average molecular weight is 395 g/mol. The zero-order valence-electron chi connectivity index (χ0n) is 17.0. The highest BCUT2D eigenvalue weighted by Crippen LogP contribution is 2.27. The van der Waals surface area contributed by atoms with Gasteiger partial charge in [-0.05, 0) is 38.5 Å². The number of nitrogens with zero attached hydrogens (tertiary/aromatic N) is 3. The van der Waals surface area contributed by atoms with Gasteiger partial charge in [0, 0.05) is 31.5 Å². The minimum atomic E-state index is -0.481. The summed E-state index contributed by atoms with van der Waals surface area (Å²) >= 11 is 0. The average Bonchev–Trinajstić information content (AvgIpc) is 2.78. The number of fused-ring (bicyclic) bond motifs is 1. The number of hydrogen-bond acceptors (Lipinski definition) is 5. The maximum absolute atomic E-state index is 13.2. The van der Waals surface area contributed by atoms with Gasteiger partial charge in [0.15, 0.2) is 0 Å². The number of rotatable bonds is 6. The van der Waals surface area contributed by atoms with E-state index in [0.717, 1.165) is 0 Å². The van der Waals surface area contributed by atoms with Crippen LogP contribution in [0.15, 0.2) is 18.2 Å². The molecular weight excluding hydrogens is 370 g/mol. The van der Waals surface area contributed by atoms with Crippen LogP contribution in [-0.2, 0) is 14.3 Å². The normalized spacial score (nSPS) is 14.3. The van der Waals surface area contributed by atoms with E-state index in [1.54, 1.807) is 39.1 Å². The van der Waals surface area contributed by atoms with E-state index in [1.807, 2.05) is 0 Å². The Kier molecular flexibility index (Phi) is 7.79. The molecule has 0 saturated carbocycles. The van der Waals surface area contributed by atoms with E-state index in [1.165, 1.54) is 9.80 Å². The fourth-order valence-corrected chi connectivity index (χ4v) is 3.04. The number of unbranched alkanes of at least 4 members (excludes halogenated alkanes) is 2. The molecular formula is C22H25N3O4. The lowest BCUT2D eigenvalue weighted by atomic mass is 10.1. The second-order valence-electron chi connectivity index (χ2n) is 6.79. The zero-order valence-corrected chi connectivity index (χ0v) is 17.0. The molecule has 1 aliphatic heterocycles. The van der Waals surface area contributed by atoms with Crippen LogP contribution >= 0.6 is 0 Å². The summed E-state index contributed by atoms with van der Waals surface area (Å²) in [6, 6.07) is 6.75. The van der Waals surface area contributed by atoms with E-state index >= 15 is 0 Å². The van der Waals surface area contributed by atoms with Crippen molar-refractivity contribution in [2.75, 3.05) is 25.1 Å². The van der Waals surface area contributed by atoms with Crippen LogP contribution in [0.3, 0.4) is 0 Å². The molecule has 1 atom stereocenters. The van der Waals surface area contributed by atoms with Crippen molar-refractivity contribution in [3.05, 3.63) is 29.3 Å². The zero-order chi connectivity index (χ0) is 21.4. The summed E-state index contributed by atoms with van der Waals surface area (Å²) in [7, 11) is 1.63. The number of nitriles is 1. The Bertz CT molecular complexity index is 892.